The Balaban J connectivity index is 1.97. The number of rotatable bonds is 11. The van der Waals surface area contributed by atoms with E-state index in [1.54, 1.807) is 12.2 Å². The molecule has 0 spiro atoms. The molecule has 2 aliphatic rings. The average Bonchev–Trinajstić information content (AvgIpc) is 2.93. The topological polar surface area (TPSA) is 71.4 Å². The molecule has 4 heteroatoms. The van der Waals surface area contributed by atoms with Crippen molar-refractivity contribution >= 4 is 17.3 Å². The van der Waals surface area contributed by atoms with Crippen LogP contribution in [0.1, 0.15) is 94.9 Å². The molecule has 44 heavy (non-hydrogen) atoms. The van der Waals surface area contributed by atoms with Crippen molar-refractivity contribution in [2.45, 2.75) is 101 Å². The zero-order valence-corrected chi connectivity index (χ0v) is 28.5. The molecule has 0 amide bonds. The number of carbonyl (C=O) groups is 3. The molecule has 0 fully saturated rings. The van der Waals surface area contributed by atoms with Crippen molar-refractivity contribution in [3.05, 3.63) is 118 Å². The van der Waals surface area contributed by atoms with Crippen molar-refractivity contribution in [2.75, 3.05) is 0 Å². The van der Waals surface area contributed by atoms with E-state index in [2.05, 4.69) is 45.9 Å². The molecule has 4 nitrogen and oxygen atoms in total. The second-order valence-corrected chi connectivity index (χ2v) is 13.7. The van der Waals surface area contributed by atoms with Crippen molar-refractivity contribution < 1.29 is 19.5 Å². The molecule has 0 radical (unpaired) electrons. The van der Waals surface area contributed by atoms with Gasteiger partial charge in [-0.1, -0.05) is 111 Å². The van der Waals surface area contributed by atoms with Crippen LogP contribution in [0.5, 0.6) is 0 Å². The Labute approximate surface area is 265 Å². The molecule has 1 N–H and O–H groups in total. The van der Waals surface area contributed by atoms with Crippen LogP contribution >= 0.6 is 0 Å². The average molecular weight is 597 g/mol. The molecule has 2 aliphatic carbocycles. The molecule has 1 atom stereocenters. The van der Waals surface area contributed by atoms with Gasteiger partial charge in [0.25, 0.3) is 0 Å². The maximum absolute atomic E-state index is 12.7. The fraction of sp³-hybridized carbons (Fsp3) is 0.425. The highest BCUT2D eigenvalue weighted by molar-refractivity contribution is 5.99. The van der Waals surface area contributed by atoms with Gasteiger partial charge in [0.2, 0.25) is 0 Å². The van der Waals surface area contributed by atoms with Crippen LogP contribution in [0.25, 0.3) is 0 Å². The van der Waals surface area contributed by atoms with Gasteiger partial charge < -0.3 is 5.11 Å². The van der Waals surface area contributed by atoms with Crippen LogP contribution in [-0.2, 0) is 14.4 Å². The Kier molecular flexibility index (Phi) is 12.8. The van der Waals surface area contributed by atoms with Gasteiger partial charge in [0.15, 0.2) is 17.3 Å². The summed E-state index contributed by atoms with van der Waals surface area (Å²) in [5.41, 5.74) is 4.79. The second-order valence-electron chi connectivity index (χ2n) is 13.7. The molecular formula is C40H52O4. The molecule has 0 aromatic heterocycles. The van der Waals surface area contributed by atoms with Crippen LogP contribution in [0.15, 0.2) is 118 Å². The minimum atomic E-state index is -1.67. The van der Waals surface area contributed by atoms with E-state index in [0.29, 0.717) is 18.4 Å². The normalized spacial score (nSPS) is 22.1. The summed E-state index contributed by atoms with van der Waals surface area (Å²) >= 11 is 0. The number of ketones is 3. The lowest BCUT2D eigenvalue weighted by Crippen LogP contribution is -2.32. The Morgan fingerprint density at radius 1 is 0.682 bits per heavy atom. The molecular weight excluding hydrogens is 544 g/mol. The number of hydrogen-bond donors (Lipinski definition) is 1. The molecule has 0 saturated heterocycles. The lowest BCUT2D eigenvalue weighted by Gasteiger charge is -2.32. The van der Waals surface area contributed by atoms with Crippen molar-refractivity contribution in [2.24, 2.45) is 10.8 Å². The molecule has 0 bridgehead atoms. The first-order chi connectivity index (χ1) is 20.4. The summed E-state index contributed by atoms with van der Waals surface area (Å²) in [6, 6.07) is 0. The molecule has 0 aliphatic heterocycles. The quantitative estimate of drug-likeness (QED) is 0.191. The maximum Gasteiger partial charge on any atom is 0.190 e. The third-order valence-electron chi connectivity index (χ3n) is 8.69. The van der Waals surface area contributed by atoms with Crippen molar-refractivity contribution in [1.29, 1.82) is 0 Å². The highest BCUT2D eigenvalue weighted by atomic mass is 16.3. The van der Waals surface area contributed by atoms with Crippen LogP contribution < -0.4 is 0 Å². The zero-order valence-electron chi connectivity index (χ0n) is 28.5. The number of Topliss-reactive ketones (excluding diaryl/α,β-unsaturated/α-hetero) is 2. The summed E-state index contributed by atoms with van der Waals surface area (Å²) in [5.74, 6) is -0.0600. The smallest absolute Gasteiger partial charge is 0.190 e. The van der Waals surface area contributed by atoms with E-state index in [0.717, 1.165) is 46.3 Å². The van der Waals surface area contributed by atoms with Gasteiger partial charge in [0.1, 0.15) is 5.60 Å². The Bertz CT molecular complexity index is 1450. The highest BCUT2D eigenvalue weighted by Gasteiger charge is 2.33. The summed E-state index contributed by atoms with van der Waals surface area (Å²) in [6.45, 7) is 19.7. The molecule has 0 heterocycles. The molecule has 1 unspecified atom stereocenters. The van der Waals surface area contributed by atoms with Crippen molar-refractivity contribution in [3.63, 3.8) is 0 Å². The van der Waals surface area contributed by atoms with Gasteiger partial charge >= 0.3 is 0 Å². The minimum Gasteiger partial charge on any atom is -0.378 e. The summed E-state index contributed by atoms with van der Waals surface area (Å²) in [4.78, 5) is 37.1. The molecule has 2 rings (SSSR count). The second kappa shape index (κ2) is 15.4. The van der Waals surface area contributed by atoms with Crippen LogP contribution in [0.4, 0.5) is 0 Å². The third kappa shape index (κ3) is 10.5. The lowest BCUT2D eigenvalue weighted by atomic mass is 9.72. The monoisotopic (exact) mass is 596 g/mol. The number of aliphatic hydroxyl groups is 1. The van der Waals surface area contributed by atoms with E-state index in [9.17, 15) is 19.5 Å². The van der Waals surface area contributed by atoms with Gasteiger partial charge in [-0.05, 0) is 99.7 Å². The number of hydrogen-bond acceptors (Lipinski definition) is 4. The zero-order chi connectivity index (χ0) is 33.3. The van der Waals surface area contributed by atoms with E-state index >= 15 is 0 Å². The van der Waals surface area contributed by atoms with Crippen LogP contribution in [0, 0.1) is 10.8 Å². The predicted octanol–water partition coefficient (Wildman–Crippen LogP) is 9.34. The molecule has 0 saturated carbocycles. The van der Waals surface area contributed by atoms with Crippen molar-refractivity contribution in [1.82, 2.24) is 0 Å². The first-order valence-corrected chi connectivity index (χ1v) is 15.6. The van der Waals surface area contributed by atoms with Gasteiger partial charge in [-0.15, -0.1) is 0 Å². The van der Waals surface area contributed by atoms with Gasteiger partial charge in [-0.2, -0.15) is 0 Å². The first-order valence-electron chi connectivity index (χ1n) is 15.6. The van der Waals surface area contributed by atoms with Gasteiger partial charge in [0, 0.05) is 12.8 Å². The van der Waals surface area contributed by atoms with Gasteiger partial charge in [-0.3, -0.25) is 14.4 Å². The SMILES string of the molecule is CC1=C(/C=C/C(C)=C/C=C/C(C)=C/C=C/C=C(C)/C=C/C(=O)C(C)(O)/C=C/C2=C(C)C(=O)CCC2(C)C)C(C)(C)CCC1=O. The van der Waals surface area contributed by atoms with Crippen LogP contribution in [0.3, 0.4) is 0 Å². The number of carbonyl (C=O) groups excluding carboxylic acids is 3. The largest absolute Gasteiger partial charge is 0.378 e. The summed E-state index contributed by atoms with van der Waals surface area (Å²) in [7, 11) is 0. The maximum atomic E-state index is 12.7. The van der Waals surface area contributed by atoms with Crippen LogP contribution in [-0.4, -0.2) is 28.1 Å². The van der Waals surface area contributed by atoms with Gasteiger partial charge in [0.05, 0.1) is 0 Å². The predicted molar refractivity (Wildman–Crippen MR) is 184 cm³/mol. The van der Waals surface area contributed by atoms with Crippen molar-refractivity contribution in [3.8, 4) is 0 Å². The van der Waals surface area contributed by atoms with E-state index in [1.165, 1.54) is 19.1 Å². The standard InChI is InChI=1S/C40H52O4/c1-28(16-13-17-30(3)18-20-33-31(4)35(41)23-25-38(33,6)7)14-11-12-15-29(2)19-21-37(43)40(10,44)27-22-34-32(5)36(42)24-26-39(34,8)9/h11-22,27,44H,23-26H2,1-10H3/b12-11+,16-13+,20-18+,21-19+,27-22+,28-14+,29-15+,30-17+. The van der Waals surface area contributed by atoms with E-state index in [4.69, 9.17) is 0 Å². The number of allylic oxidation sites excluding steroid dienone is 18. The molecule has 236 valence electrons. The summed E-state index contributed by atoms with van der Waals surface area (Å²) in [5, 5.41) is 10.8. The van der Waals surface area contributed by atoms with Crippen LogP contribution in [0.2, 0.25) is 0 Å². The fourth-order valence-corrected chi connectivity index (χ4v) is 5.36. The van der Waals surface area contributed by atoms with Gasteiger partial charge in [-0.25, -0.2) is 0 Å². The Hall–Kier alpha value is -3.63. The summed E-state index contributed by atoms with van der Waals surface area (Å²) < 4.78 is 0. The van der Waals surface area contributed by atoms with E-state index in [1.807, 2.05) is 71.1 Å². The molecule has 0 aromatic carbocycles. The Morgan fingerprint density at radius 2 is 1.11 bits per heavy atom. The lowest BCUT2D eigenvalue weighted by molar-refractivity contribution is -0.126. The first kappa shape index (κ1) is 36.6. The minimum absolute atomic E-state index is 0.0120. The summed E-state index contributed by atoms with van der Waals surface area (Å²) in [6.07, 6.45) is 27.1. The third-order valence-corrected chi connectivity index (χ3v) is 8.69. The highest BCUT2D eigenvalue weighted by Crippen LogP contribution is 2.40. The molecule has 0 aromatic rings. The fourth-order valence-electron chi connectivity index (χ4n) is 5.36. The Morgan fingerprint density at radius 3 is 1.64 bits per heavy atom. The van der Waals surface area contributed by atoms with E-state index < -0.39 is 11.4 Å². The van der Waals surface area contributed by atoms with E-state index in [-0.39, 0.29) is 22.4 Å².